The first-order valence-electron chi connectivity index (χ1n) is 7.27. The zero-order valence-corrected chi connectivity index (χ0v) is 12.7. The van der Waals surface area contributed by atoms with Crippen molar-refractivity contribution < 1.29 is 4.39 Å². The molecule has 1 aliphatic carbocycles. The number of fused-ring (bicyclic) bond motifs is 1. The molecule has 0 amide bonds. The van der Waals surface area contributed by atoms with E-state index in [1.54, 1.807) is 6.07 Å². The molecule has 110 valence electrons. The summed E-state index contributed by atoms with van der Waals surface area (Å²) < 4.78 is 13.4. The molecule has 21 heavy (non-hydrogen) atoms. The molecule has 1 aromatic heterocycles. The Kier molecular flexibility index (Phi) is 3.49. The molecule has 0 radical (unpaired) electrons. The molecule has 0 aliphatic heterocycles. The van der Waals surface area contributed by atoms with Crippen LogP contribution in [0.15, 0.2) is 30.5 Å². The molecule has 2 aromatic rings. The lowest BCUT2D eigenvalue weighted by Gasteiger charge is -2.36. The van der Waals surface area contributed by atoms with Crippen molar-refractivity contribution in [2.45, 2.75) is 32.7 Å². The summed E-state index contributed by atoms with van der Waals surface area (Å²) in [6.45, 7) is 4.51. The van der Waals surface area contributed by atoms with Gasteiger partial charge >= 0.3 is 0 Å². The molecule has 4 heteroatoms. The number of benzene rings is 1. The summed E-state index contributed by atoms with van der Waals surface area (Å²) in [4.78, 5) is 9.13. The molecule has 1 N–H and O–H groups in total. The van der Waals surface area contributed by atoms with Crippen LogP contribution in [0.3, 0.4) is 0 Å². The van der Waals surface area contributed by atoms with Crippen molar-refractivity contribution in [2.75, 3.05) is 7.05 Å². The summed E-state index contributed by atoms with van der Waals surface area (Å²) in [6, 6.07) is 6.72. The molecular weight excluding hydrogens is 265 g/mol. The Hall–Kier alpha value is -1.81. The topological polar surface area (TPSA) is 37.8 Å². The highest BCUT2D eigenvalue weighted by Gasteiger charge is 2.32. The summed E-state index contributed by atoms with van der Waals surface area (Å²) in [5, 5.41) is 3.34. The highest BCUT2D eigenvalue weighted by molar-refractivity contribution is 5.55. The van der Waals surface area contributed by atoms with Gasteiger partial charge in [-0.1, -0.05) is 26.0 Å². The molecule has 1 heterocycles. The summed E-state index contributed by atoms with van der Waals surface area (Å²) >= 11 is 0. The molecule has 0 spiro atoms. The van der Waals surface area contributed by atoms with E-state index < -0.39 is 0 Å². The molecule has 3 nitrogen and oxygen atoms in total. The lowest BCUT2D eigenvalue weighted by Crippen LogP contribution is -2.32. The maximum absolute atomic E-state index is 13.4. The van der Waals surface area contributed by atoms with Gasteiger partial charge in [0.25, 0.3) is 0 Å². The number of nitrogens with zero attached hydrogens (tertiary/aromatic N) is 2. The third-order valence-corrected chi connectivity index (χ3v) is 4.11. The average Bonchev–Trinajstić information content (AvgIpc) is 2.44. The van der Waals surface area contributed by atoms with Crippen LogP contribution in [0.4, 0.5) is 4.39 Å². The molecule has 0 bridgehead atoms. The maximum Gasteiger partial charge on any atom is 0.159 e. The second-order valence-corrected chi connectivity index (χ2v) is 6.49. The number of hydrogen-bond acceptors (Lipinski definition) is 3. The minimum atomic E-state index is -0.262. The monoisotopic (exact) mass is 285 g/mol. The fourth-order valence-corrected chi connectivity index (χ4v) is 3.07. The van der Waals surface area contributed by atoms with Crippen molar-refractivity contribution in [2.24, 2.45) is 5.41 Å². The van der Waals surface area contributed by atoms with Gasteiger partial charge in [0.2, 0.25) is 0 Å². The zero-order chi connectivity index (χ0) is 15.0. The quantitative estimate of drug-likeness (QED) is 0.917. The maximum atomic E-state index is 13.4. The Morgan fingerprint density at radius 2 is 2.14 bits per heavy atom. The smallest absolute Gasteiger partial charge is 0.159 e. The Morgan fingerprint density at radius 3 is 2.86 bits per heavy atom. The molecular formula is C17H20FN3. The van der Waals surface area contributed by atoms with Crippen molar-refractivity contribution in [3.8, 4) is 11.4 Å². The van der Waals surface area contributed by atoms with E-state index in [4.69, 9.17) is 4.98 Å². The molecule has 1 aliphatic rings. The van der Waals surface area contributed by atoms with Gasteiger partial charge in [0.1, 0.15) is 5.82 Å². The van der Waals surface area contributed by atoms with E-state index in [9.17, 15) is 4.39 Å². The molecule has 0 saturated carbocycles. The van der Waals surface area contributed by atoms with Gasteiger partial charge in [-0.3, -0.25) is 0 Å². The van der Waals surface area contributed by atoms with E-state index >= 15 is 0 Å². The van der Waals surface area contributed by atoms with Gasteiger partial charge < -0.3 is 5.32 Å². The Bertz CT molecular complexity index is 667. The van der Waals surface area contributed by atoms with Gasteiger partial charge in [-0.25, -0.2) is 14.4 Å². The third-order valence-electron chi connectivity index (χ3n) is 4.11. The van der Waals surface area contributed by atoms with Crippen LogP contribution in [0, 0.1) is 11.2 Å². The summed E-state index contributed by atoms with van der Waals surface area (Å²) in [6.07, 6.45) is 3.88. The Balaban J connectivity index is 2.05. The first-order valence-corrected chi connectivity index (χ1v) is 7.27. The second-order valence-electron chi connectivity index (χ2n) is 6.49. The fraction of sp³-hybridized carbons (Fsp3) is 0.412. The lowest BCUT2D eigenvalue weighted by molar-refractivity contribution is 0.260. The van der Waals surface area contributed by atoms with Crippen LogP contribution in [-0.2, 0) is 6.42 Å². The molecule has 1 aromatic carbocycles. The summed E-state index contributed by atoms with van der Waals surface area (Å²) in [5.41, 5.74) is 3.16. The SMILES string of the molecule is CNC1CC(C)(C)Cc2nc(-c3cccc(F)c3)ncc21. The number of nitrogens with one attached hydrogen (secondary N) is 1. The average molecular weight is 285 g/mol. The molecule has 1 atom stereocenters. The van der Waals surface area contributed by atoms with Gasteiger partial charge in [0.05, 0.1) is 0 Å². The van der Waals surface area contributed by atoms with Gasteiger partial charge in [-0.15, -0.1) is 0 Å². The number of rotatable bonds is 2. The lowest BCUT2D eigenvalue weighted by atomic mass is 9.74. The van der Waals surface area contributed by atoms with Crippen LogP contribution in [-0.4, -0.2) is 17.0 Å². The first-order chi connectivity index (χ1) is 9.98. The van der Waals surface area contributed by atoms with Crippen molar-refractivity contribution >= 4 is 0 Å². The van der Waals surface area contributed by atoms with Gasteiger partial charge in [0, 0.05) is 29.1 Å². The Morgan fingerprint density at radius 1 is 1.33 bits per heavy atom. The predicted molar refractivity (Wildman–Crippen MR) is 81.3 cm³/mol. The first kappa shape index (κ1) is 14.1. The van der Waals surface area contributed by atoms with Crippen LogP contribution in [0.25, 0.3) is 11.4 Å². The van der Waals surface area contributed by atoms with E-state index in [-0.39, 0.29) is 17.3 Å². The molecule has 0 fully saturated rings. The van der Waals surface area contributed by atoms with Crippen LogP contribution in [0.1, 0.15) is 37.6 Å². The van der Waals surface area contributed by atoms with Crippen LogP contribution in [0.5, 0.6) is 0 Å². The number of hydrogen-bond donors (Lipinski definition) is 1. The second kappa shape index (κ2) is 5.19. The summed E-state index contributed by atoms with van der Waals surface area (Å²) in [7, 11) is 1.97. The molecule has 1 unspecified atom stereocenters. The zero-order valence-electron chi connectivity index (χ0n) is 12.7. The largest absolute Gasteiger partial charge is 0.313 e. The van der Waals surface area contributed by atoms with Crippen molar-refractivity contribution in [3.63, 3.8) is 0 Å². The minimum Gasteiger partial charge on any atom is -0.313 e. The molecule has 0 saturated heterocycles. The minimum absolute atomic E-state index is 0.203. The highest BCUT2D eigenvalue weighted by atomic mass is 19.1. The fourth-order valence-electron chi connectivity index (χ4n) is 3.07. The third kappa shape index (κ3) is 2.81. The van der Waals surface area contributed by atoms with Gasteiger partial charge in [-0.05, 0) is 37.4 Å². The summed E-state index contributed by atoms with van der Waals surface area (Å²) in [5.74, 6) is 0.336. The standard InChI is InChI=1S/C17H20FN3/c1-17(2)8-14(19-3)13-10-20-16(21-15(13)9-17)11-5-4-6-12(18)7-11/h4-7,10,14,19H,8-9H2,1-3H3. The van der Waals surface area contributed by atoms with E-state index in [2.05, 4.69) is 24.1 Å². The van der Waals surface area contributed by atoms with E-state index in [1.807, 2.05) is 19.3 Å². The van der Waals surface area contributed by atoms with Crippen molar-refractivity contribution in [3.05, 3.63) is 47.5 Å². The van der Waals surface area contributed by atoms with Crippen molar-refractivity contribution in [1.82, 2.24) is 15.3 Å². The normalized spacial score (nSPS) is 20.1. The van der Waals surface area contributed by atoms with E-state index in [1.165, 1.54) is 12.1 Å². The molecule has 3 rings (SSSR count). The van der Waals surface area contributed by atoms with Gasteiger partial charge in [-0.2, -0.15) is 0 Å². The van der Waals surface area contributed by atoms with E-state index in [0.717, 1.165) is 29.7 Å². The van der Waals surface area contributed by atoms with Crippen LogP contribution < -0.4 is 5.32 Å². The predicted octanol–water partition coefficient (Wildman–Crippen LogP) is 3.52. The van der Waals surface area contributed by atoms with E-state index in [0.29, 0.717) is 5.82 Å². The Labute approximate surface area is 124 Å². The van der Waals surface area contributed by atoms with Crippen LogP contribution in [0.2, 0.25) is 0 Å². The highest BCUT2D eigenvalue weighted by Crippen LogP contribution is 2.39. The number of halogens is 1. The van der Waals surface area contributed by atoms with Crippen molar-refractivity contribution in [1.29, 1.82) is 0 Å². The van der Waals surface area contributed by atoms with Crippen LogP contribution >= 0.6 is 0 Å². The van der Waals surface area contributed by atoms with Gasteiger partial charge in [0.15, 0.2) is 5.82 Å². The number of aromatic nitrogens is 2.